The van der Waals surface area contributed by atoms with Crippen LogP contribution in [-0.2, 0) is 0 Å². The van der Waals surface area contributed by atoms with Crippen LogP contribution in [0.2, 0.25) is 0 Å². The van der Waals surface area contributed by atoms with E-state index in [0.717, 1.165) is 11.3 Å². The summed E-state index contributed by atoms with van der Waals surface area (Å²) in [5.41, 5.74) is 4.49. The molecule has 0 bridgehead atoms. The van der Waals surface area contributed by atoms with Crippen molar-refractivity contribution in [3.05, 3.63) is 72.6 Å². The minimum absolute atomic E-state index is 1.02. The fourth-order valence-electron chi connectivity index (χ4n) is 2.70. The summed E-state index contributed by atoms with van der Waals surface area (Å²) < 4.78 is 2.10. The van der Waals surface area contributed by atoms with Gasteiger partial charge in [-0.05, 0) is 23.9 Å². The third kappa shape index (κ3) is 1.62. The van der Waals surface area contributed by atoms with Crippen LogP contribution in [0.25, 0.3) is 27.7 Å². The van der Waals surface area contributed by atoms with E-state index in [4.69, 9.17) is 4.98 Å². The lowest BCUT2D eigenvalue weighted by Gasteiger charge is -2.00. The van der Waals surface area contributed by atoms with Gasteiger partial charge in [-0.3, -0.25) is 0 Å². The Balaban J connectivity index is 2.04. The fourth-order valence-corrected chi connectivity index (χ4v) is 2.70. The largest absolute Gasteiger partial charge is 0.306 e. The molecule has 2 aromatic carbocycles. The molecule has 0 aliphatic rings. The zero-order valence-electron chi connectivity index (χ0n) is 11.2. The Bertz CT molecular complexity index is 919. The van der Waals surface area contributed by atoms with Gasteiger partial charge in [-0.1, -0.05) is 48.5 Å². The molecule has 2 aromatic heterocycles. The Kier molecular flexibility index (Phi) is 2.36. The highest BCUT2D eigenvalue weighted by Crippen LogP contribution is 2.26. The highest BCUT2D eigenvalue weighted by atomic mass is 15.0. The van der Waals surface area contributed by atoms with Gasteiger partial charge >= 0.3 is 0 Å². The Morgan fingerprint density at radius 3 is 2.60 bits per heavy atom. The molecule has 0 radical (unpaired) electrons. The lowest BCUT2D eigenvalue weighted by atomic mass is 10.1. The van der Waals surface area contributed by atoms with Crippen molar-refractivity contribution in [2.45, 2.75) is 6.92 Å². The van der Waals surface area contributed by atoms with Crippen LogP contribution in [-0.4, -0.2) is 9.38 Å². The molecule has 96 valence electrons. The molecule has 0 fully saturated rings. The third-order valence-electron chi connectivity index (χ3n) is 3.77. The second-order valence-corrected chi connectivity index (χ2v) is 5.07. The van der Waals surface area contributed by atoms with Crippen molar-refractivity contribution in [3.63, 3.8) is 0 Å². The summed E-state index contributed by atoms with van der Waals surface area (Å²) in [7, 11) is 0. The van der Waals surface area contributed by atoms with Crippen molar-refractivity contribution in [2.24, 2.45) is 0 Å². The highest BCUT2D eigenvalue weighted by molar-refractivity contribution is 5.94. The van der Waals surface area contributed by atoms with Gasteiger partial charge in [0.05, 0.1) is 5.69 Å². The first kappa shape index (κ1) is 11.2. The number of benzene rings is 2. The quantitative estimate of drug-likeness (QED) is 0.492. The summed E-state index contributed by atoms with van der Waals surface area (Å²) in [5, 5.41) is 2.41. The second-order valence-electron chi connectivity index (χ2n) is 5.07. The molecule has 0 unspecified atom stereocenters. The summed E-state index contributed by atoms with van der Waals surface area (Å²) in [6.07, 6.45) is 4.18. The van der Waals surface area contributed by atoms with E-state index >= 15 is 0 Å². The maximum Gasteiger partial charge on any atom is 0.145 e. The minimum atomic E-state index is 1.02. The summed E-state index contributed by atoms with van der Waals surface area (Å²) >= 11 is 0. The number of nitrogens with zero attached hydrogens (tertiary/aromatic N) is 2. The van der Waals surface area contributed by atoms with Crippen LogP contribution in [0.4, 0.5) is 0 Å². The van der Waals surface area contributed by atoms with Crippen molar-refractivity contribution in [1.82, 2.24) is 9.38 Å². The number of aromatic nitrogens is 2. The van der Waals surface area contributed by atoms with Gasteiger partial charge in [0.2, 0.25) is 0 Å². The van der Waals surface area contributed by atoms with Crippen LogP contribution in [0.1, 0.15) is 5.56 Å². The van der Waals surface area contributed by atoms with Crippen LogP contribution in [0.5, 0.6) is 0 Å². The van der Waals surface area contributed by atoms with Gasteiger partial charge in [-0.15, -0.1) is 0 Å². The number of pyridine rings is 1. The predicted molar refractivity (Wildman–Crippen MR) is 82.9 cm³/mol. The van der Waals surface area contributed by atoms with Crippen LogP contribution >= 0.6 is 0 Å². The topological polar surface area (TPSA) is 17.3 Å². The van der Waals surface area contributed by atoms with Gasteiger partial charge < -0.3 is 4.40 Å². The molecule has 4 aromatic rings. The van der Waals surface area contributed by atoms with Gasteiger partial charge in [0.15, 0.2) is 0 Å². The average molecular weight is 258 g/mol. The first-order valence-electron chi connectivity index (χ1n) is 6.75. The fraction of sp³-hybridized carbons (Fsp3) is 0.0556. The Hall–Kier alpha value is -2.61. The number of hydrogen-bond donors (Lipinski definition) is 0. The third-order valence-corrected chi connectivity index (χ3v) is 3.77. The molecule has 0 saturated carbocycles. The number of hydrogen-bond acceptors (Lipinski definition) is 1. The van der Waals surface area contributed by atoms with Crippen molar-refractivity contribution >= 4 is 16.4 Å². The molecule has 2 heterocycles. The molecule has 20 heavy (non-hydrogen) atoms. The molecule has 0 aliphatic heterocycles. The SMILES string of the molecule is Cc1ccccc1-c1cn2ccc3ccccc3c2n1. The molecule has 0 spiro atoms. The molecule has 4 rings (SSSR count). The Labute approximate surface area is 117 Å². The average Bonchev–Trinajstić information content (AvgIpc) is 2.92. The molecule has 0 amide bonds. The summed E-state index contributed by atoms with van der Waals surface area (Å²) in [4.78, 5) is 4.83. The van der Waals surface area contributed by atoms with Crippen LogP contribution < -0.4 is 0 Å². The second kappa shape index (κ2) is 4.20. The van der Waals surface area contributed by atoms with Crippen LogP contribution in [0, 0.1) is 6.92 Å². The first-order valence-corrected chi connectivity index (χ1v) is 6.75. The van der Waals surface area contributed by atoms with E-state index in [9.17, 15) is 0 Å². The molecule has 2 nitrogen and oxygen atoms in total. The lowest BCUT2D eigenvalue weighted by molar-refractivity contribution is 1.20. The zero-order chi connectivity index (χ0) is 13.5. The predicted octanol–water partition coefficient (Wildman–Crippen LogP) is 4.46. The van der Waals surface area contributed by atoms with E-state index in [0.29, 0.717) is 0 Å². The maximum absolute atomic E-state index is 4.83. The van der Waals surface area contributed by atoms with E-state index < -0.39 is 0 Å². The Morgan fingerprint density at radius 1 is 0.900 bits per heavy atom. The van der Waals surface area contributed by atoms with E-state index in [1.165, 1.54) is 21.9 Å². The molecule has 0 saturated heterocycles. The van der Waals surface area contributed by atoms with Crippen LogP contribution in [0.15, 0.2) is 67.0 Å². The van der Waals surface area contributed by atoms with E-state index in [-0.39, 0.29) is 0 Å². The molecule has 2 heteroatoms. The monoisotopic (exact) mass is 258 g/mol. The molecule has 0 N–H and O–H groups in total. The smallest absolute Gasteiger partial charge is 0.145 e. The van der Waals surface area contributed by atoms with Gasteiger partial charge in [0.25, 0.3) is 0 Å². The molecular weight excluding hydrogens is 244 g/mol. The number of aryl methyl sites for hydroxylation is 1. The number of rotatable bonds is 1. The number of imidazole rings is 1. The van der Waals surface area contributed by atoms with Gasteiger partial charge in [-0.25, -0.2) is 4.98 Å². The molecule has 0 atom stereocenters. The van der Waals surface area contributed by atoms with Crippen molar-refractivity contribution in [1.29, 1.82) is 0 Å². The van der Waals surface area contributed by atoms with Crippen molar-refractivity contribution < 1.29 is 0 Å². The first-order chi connectivity index (χ1) is 9.83. The van der Waals surface area contributed by atoms with E-state index in [1.54, 1.807) is 0 Å². The molecular formula is C18H14N2. The van der Waals surface area contributed by atoms with Gasteiger partial charge in [-0.2, -0.15) is 0 Å². The van der Waals surface area contributed by atoms with E-state index in [2.05, 4.69) is 78.3 Å². The van der Waals surface area contributed by atoms with Gasteiger partial charge in [0, 0.05) is 23.3 Å². The molecule has 0 aliphatic carbocycles. The van der Waals surface area contributed by atoms with E-state index in [1.807, 2.05) is 0 Å². The maximum atomic E-state index is 4.83. The zero-order valence-corrected chi connectivity index (χ0v) is 11.2. The van der Waals surface area contributed by atoms with Crippen LogP contribution in [0.3, 0.4) is 0 Å². The van der Waals surface area contributed by atoms with Gasteiger partial charge in [0.1, 0.15) is 5.65 Å². The summed E-state index contributed by atoms with van der Waals surface area (Å²) in [5.74, 6) is 0. The lowest BCUT2D eigenvalue weighted by Crippen LogP contribution is -1.83. The minimum Gasteiger partial charge on any atom is -0.306 e. The summed E-state index contributed by atoms with van der Waals surface area (Å²) in [6, 6.07) is 18.9. The Morgan fingerprint density at radius 2 is 1.70 bits per heavy atom. The standard InChI is InChI=1S/C18H14N2/c1-13-6-2-4-8-15(13)17-12-20-11-10-14-7-3-5-9-16(14)18(20)19-17/h2-12H,1H3. The highest BCUT2D eigenvalue weighted by Gasteiger charge is 2.08. The van der Waals surface area contributed by atoms with Crippen molar-refractivity contribution in [3.8, 4) is 11.3 Å². The van der Waals surface area contributed by atoms with Crippen molar-refractivity contribution in [2.75, 3.05) is 0 Å². The number of fused-ring (bicyclic) bond motifs is 3. The normalized spacial score (nSPS) is 11.2. The summed E-state index contributed by atoms with van der Waals surface area (Å²) in [6.45, 7) is 2.12.